The predicted molar refractivity (Wildman–Crippen MR) is 86.8 cm³/mol. The molecule has 21 heavy (non-hydrogen) atoms. The Kier molecular flexibility index (Phi) is 3.29. The second kappa shape index (κ2) is 5.05. The number of hydrogen-bond acceptors (Lipinski definition) is 3. The van der Waals surface area contributed by atoms with Crippen LogP contribution >= 0.6 is 22.6 Å². The Morgan fingerprint density at radius 1 is 0.714 bits per heavy atom. The molecule has 0 aliphatic carbocycles. The van der Waals surface area contributed by atoms with Crippen LogP contribution in [0.15, 0.2) is 54.6 Å². The summed E-state index contributed by atoms with van der Waals surface area (Å²) >= 11 is 2.28. The SMILES string of the molecule is Ic1ccc(C23OCC(c4ccccc4)(CO2)CO3)cc1. The second-order valence-corrected chi connectivity index (χ2v) is 6.82. The Bertz CT molecular complexity index is 614. The van der Waals surface area contributed by atoms with Crippen molar-refractivity contribution in [3.05, 3.63) is 69.3 Å². The van der Waals surface area contributed by atoms with Gasteiger partial charge in [0.1, 0.15) is 0 Å². The summed E-state index contributed by atoms with van der Waals surface area (Å²) in [5, 5.41) is 0. The zero-order valence-electron chi connectivity index (χ0n) is 11.4. The lowest BCUT2D eigenvalue weighted by Crippen LogP contribution is -2.60. The third kappa shape index (κ3) is 2.21. The largest absolute Gasteiger partial charge is 0.322 e. The van der Waals surface area contributed by atoms with Gasteiger partial charge < -0.3 is 14.2 Å². The Morgan fingerprint density at radius 2 is 1.29 bits per heavy atom. The normalized spacial score (nSPS) is 31.3. The third-order valence-corrected chi connectivity index (χ3v) is 4.92. The Labute approximate surface area is 137 Å². The fourth-order valence-electron chi connectivity index (χ4n) is 2.90. The minimum atomic E-state index is -1.03. The predicted octanol–water partition coefficient (Wildman–Crippen LogP) is 3.42. The summed E-state index contributed by atoms with van der Waals surface area (Å²) in [7, 11) is 0. The molecular weight excluding hydrogens is 379 g/mol. The molecule has 0 amide bonds. The van der Waals surface area contributed by atoms with E-state index < -0.39 is 5.97 Å². The first-order valence-corrected chi connectivity index (χ1v) is 8.04. The molecule has 3 nitrogen and oxygen atoms in total. The van der Waals surface area contributed by atoms with E-state index in [0.717, 1.165) is 5.56 Å². The molecule has 0 radical (unpaired) electrons. The van der Waals surface area contributed by atoms with Crippen molar-refractivity contribution in [1.82, 2.24) is 0 Å². The molecule has 3 saturated heterocycles. The smallest absolute Gasteiger partial charge is 0.312 e. The van der Waals surface area contributed by atoms with Gasteiger partial charge >= 0.3 is 5.97 Å². The van der Waals surface area contributed by atoms with Gasteiger partial charge in [-0.2, -0.15) is 0 Å². The van der Waals surface area contributed by atoms with E-state index in [1.54, 1.807) is 0 Å². The summed E-state index contributed by atoms with van der Waals surface area (Å²) in [5.41, 5.74) is 1.94. The molecule has 0 N–H and O–H groups in total. The van der Waals surface area contributed by atoms with Crippen LogP contribution in [0, 0.1) is 3.57 Å². The highest BCUT2D eigenvalue weighted by atomic mass is 127. The fraction of sp³-hybridized carbons (Fsp3) is 0.294. The second-order valence-electron chi connectivity index (χ2n) is 5.58. The summed E-state index contributed by atoms with van der Waals surface area (Å²) in [6.45, 7) is 1.84. The summed E-state index contributed by atoms with van der Waals surface area (Å²) in [6, 6.07) is 18.4. The molecule has 2 aromatic carbocycles. The standard InChI is InChI=1S/C17H15IO3/c18-15-8-6-14(7-9-15)17-19-10-16(11-20-17,12-21-17)13-4-2-1-3-5-13/h1-9H,10-12H2. The van der Waals surface area contributed by atoms with Crippen molar-refractivity contribution in [2.45, 2.75) is 11.4 Å². The highest BCUT2D eigenvalue weighted by molar-refractivity contribution is 14.1. The number of ether oxygens (including phenoxy) is 3. The first kappa shape index (κ1) is 13.7. The molecule has 3 fully saturated rings. The lowest BCUT2D eigenvalue weighted by atomic mass is 9.81. The topological polar surface area (TPSA) is 27.7 Å². The molecule has 0 atom stereocenters. The molecule has 4 heteroatoms. The van der Waals surface area contributed by atoms with Crippen molar-refractivity contribution >= 4 is 22.6 Å². The number of benzene rings is 2. The van der Waals surface area contributed by atoms with Gasteiger partial charge in [-0.3, -0.25) is 0 Å². The molecule has 0 saturated carbocycles. The summed E-state index contributed by atoms with van der Waals surface area (Å²) in [6.07, 6.45) is 0. The van der Waals surface area contributed by atoms with E-state index in [2.05, 4.69) is 34.7 Å². The van der Waals surface area contributed by atoms with Crippen molar-refractivity contribution in [2.24, 2.45) is 0 Å². The summed E-state index contributed by atoms with van der Waals surface area (Å²) < 4.78 is 19.2. The van der Waals surface area contributed by atoms with Gasteiger partial charge in [-0.05, 0) is 52.4 Å². The maximum absolute atomic E-state index is 6.00. The van der Waals surface area contributed by atoms with Crippen LogP contribution < -0.4 is 0 Å². The molecule has 2 bridgehead atoms. The number of fused-ring (bicyclic) bond motifs is 3. The van der Waals surface area contributed by atoms with E-state index in [4.69, 9.17) is 14.2 Å². The molecule has 5 rings (SSSR count). The van der Waals surface area contributed by atoms with Gasteiger partial charge in [0.2, 0.25) is 0 Å². The fourth-order valence-corrected chi connectivity index (χ4v) is 3.25. The van der Waals surface area contributed by atoms with Gasteiger partial charge in [-0.15, -0.1) is 0 Å². The molecule has 3 heterocycles. The van der Waals surface area contributed by atoms with Crippen molar-refractivity contribution in [3.63, 3.8) is 0 Å². The molecule has 3 aliphatic heterocycles. The maximum Gasteiger partial charge on any atom is 0.312 e. The van der Waals surface area contributed by atoms with Gasteiger partial charge in [0.05, 0.1) is 25.2 Å². The van der Waals surface area contributed by atoms with Crippen LogP contribution in [0.1, 0.15) is 11.1 Å². The van der Waals surface area contributed by atoms with Crippen LogP contribution in [-0.2, 0) is 25.6 Å². The zero-order valence-corrected chi connectivity index (χ0v) is 13.6. The van der Waals surface area contributed by atoms with Crippen LogP contribution in [0.2, 0.25) is 0 Å². The number of hydrogen-bond donors (Lipinski definition) is 0. The quantitative estimate of drug-likeness (QED) is 0.731. The van der Waals surface area contributed by atoms with Gasteiger partial charge in [0.25, 0.3) is 0 Å². The number of halogens is 1. The van der Waals surface area contributed by atoms with Crippen molar-refractivity contribution in [2.75, 3.05) is 19.8 Å². The van der Waals surface area contributed by atoms with Crippen molar-refractivity contribution in [1.29, 1.82) is 0 Å². The Balaban J connectivity index is 1.63. The highest BCUT2D eigenvalue weighted by Gasteiger charge is 2.54. The van der Waals surface area contributed by atoms with Gasteiger partial charge in [-0.25, -0.2) is 0 Å². The molecule has 0 aromatic heterocycles. The summed E-state index contributed by atoms with van der Waals surface area (Å²) in [4.78, 5) is 0. The van der Waals surface area contributed by atoms with Crippen molar-refractivity contribution in [3.8, 4) is 0 Å². The maximum atomic E-state index is 6.00. The molecule has 108 valence electrons. The highest BCUT2D eigenvalue weighted by Crippen LogP contribution is 2.45. The summed E-state index contributed by atoms with van der Waals surface area (Å²) in [5.74, 6) is -1.03. The van der Waals surface area contributed by atoms with Crippen LogP contribution in [0.5, 0.6) is 0 Å². The van der Waals surface area contributed by atoms with Gasteiger partial charge in [0, 0.05) is 9.13 Å². The van der Waals surface area contributed by atoms with E-state index in [-0.39, 0.29) is 5.41 Å². The first-order chi connectivity index (χ1) is 10.2. The molecule has 3 aliphatic rings. The average molecular weight is 394 g/mol. The van der Waals surface area contributed by atoms with Crippen LogP contribution in [-0.4, -0.2) is 19.8 Å². The first-order valence-electron chi connectivity index (χ1n) is 6.96. The minimum absolute atomic E-state index is 0.188. The third-order valence-electron chi connectivity index (χ3n) is 4.20. The number of rotatable bonds is 2. The van der Waals surface area contributed by atoms with E-state index >= 15 is 0 Å². The average Bonchev–Trinajstić information content (AvgIpc) is 2.58. The lowest BCUT2D eigenvalue weighted by molar-refractivity contribution is -0.466. The van der Waals surface area contributed by atoms with E-state index in [0.29, 0.717) is 19.8 Å². The van der Waals surface area contributed by atoms with Crippen molar-refractivity contribution < 1.29 is 14.2 Å². The monoisotopic (exact) mass is 394 g/mol. The Morgan fingerprint density at radius 3 is 1.86 bits per heavy atom. The van der Waals surface area contributed by atoms with E-state index in [1.165, 1.54) is 9.13 Å². The molecule has 2 aromatic rings. The molecule has 0 unspecified atom stereocenters. The molecular formula is C17H15IO3. The van der Waals surface area contributed by atoms with Crippen LogP contribution in [0.25, 0.3) is 0 Å². The van der Waals surface area contributed by atoms with Crippen LogP contribution in [0.4, 0.5) is 0 Å². The van der Waals surface area contributed by atoms with Gasteiger partial charge in [-0.1, -0.05) is 30.3 Å². The zero-order chi connectivity index (χ0) is 14.3. The van der Waals surface area contributed by atoms with E-state index in [9.17, 15) is 0 Å². The Hall–Kier alpha value is -0.950. The minimum Gasteiger partial charge on any atom is -0.322 e. The lowest BCUT2D eigenvalue weighted by Gasteiger charge is -2.52. The van der Waals surface area contributed by atoms with Gasteiger partial charge in [0.15, 0.2) is 0 Å². The van der Waals surface area contributed by atoms with E-state index in [1.807, 2.05) is 42.5 Å². The van der Waals surface area contributed by atoms with Crippen LogP contribution in [0.3, 0.4) is 0 Å². The molecule has 0 spiro atoms.